The van der Waals surface area contributed by atoms with Crippen molar-refractivity contribution in [3.63, 3.8) is 0 Å². The van der Waals surface area contributed by atoms with Gasteiger partial charge in [-0.3, -0.25) is 4.79 Å². The fourth-order valence-corrected chi connectivity index (χ4v) is 2.67. The van der Waals surface area contributed by atoms with Crippen molar-refractivity contribution in [1.29, 1.82) is 0 Å². The van der Waals surface area contributed by atoms with Crippen molar-refractivity contribution >= 4 is 23.7 Å². The first kappa shape index (κ1) is 18.7. The van der Waals surface area contributed by atoms with Gasteiger partial charge in [-0.1, -0.05) is 72.3 Å². The fraction of sp³-hybridized carbons (Fsp3) is 0.0909. The highest BCUT2D eigenvalue weighted by molar-refractivity contribution is 6.31. The number of hydrogen-bond donors (Lipinski definition) is 1. The summed E-state index contributed by atoms with van der Waals surface area (Å²) in [7, 11) is 0. The Bertz CT molecular complexity index is 926. The second-order valence-electron chi connectivity index (χ2n) is 5.87. The minimum Gasteiger partial charge on any atom is -0.488 e. The van der Waals surface area contributed by atoms with Crippen LogP contribution in [-0.4, -0.2) is 12.1 Å². The molecule has 0 aromatic heterocycles. The van der Waals surface area contributed by atoms with E-state index in [0.717, 1.165) is 16.7 Å². The van der Waals surface area contributed by atoms with Crippen molar-refractivity contribution in [3.8, 4) is 5.75 Å². The molecule has 0 heterocycles. The van der Waals surface area contributed by atoms with Crippen LogP contribution in [0.2, 0.25) is 5.02 Å². The van der Waals surface area contributed by atoms with Crippen LogP contribution in [0.1, 0.15) is 16.7 Å². The molecule has 0 aliphatic carbocycles. The summed E-state index contributed by atoms with van der Waals surface area (Å²) in [6.07, 6.45) is 1.85. The third kappa shape index (κ3) is 5.69. The van der Waals surface area contributed by atoms with E-state index in [9.17, 15) is 4.79 Å². The number of carbonyl (C=O) groups is 1. The summed E-state index contributed by atoms with van der Waals surface area (Å²) in [4.78, 5) is 12.0. The predicted octanol–water partition coefficient (Wildman–Crippen LogP) is 4.61. The van der Waals surface area contributed by atoms with Crippen molar-refractivity contribution in [1.82, 2.24) is 5.43 Å². The van der Waals surface area contributed by atoms with E-state index < -0.39 is 0 Å². The lowest BCUT2D eigenvalue weighted by atomic mass is 10.1. The Morgan fingerprint density at radius 2 is 1.67 bits per heavy atom. The maximum absolute atomic E-state index is 12.0. The van der Waals surface area contributed by atoms with Crippen molar-refractivity contribution in [2.75, 3.05) is 0 Å². The quantitative estimate of drug-likeness (QED) is 0.482. The average molecular weight is 379 g/mol. The summed E-state index contributed by atoms with van der Waals surface area (Å²) < 4.78 is 5.87. The van der Waals surface area contributed by atoms with Gasteiger partial charge in [0.05, 0.1) is 12.6 Å². The first-order valence-corrected chi connectivity index (χ1v) is 8.91. The van der Waals surface area contributed by atoms with Crippen LogP contribution < -0.4 is 10.2 Å². The van der Waals surface area contributed by atoms with Gasteiger partial charge < -0.3 is 4.74 Å². The van der Waals surface area contributed by atoms with Gasteiger partial charge in [-0.25, -0.2) is 5.43 Å². The van der Waals surface area contributed by atoms with Crippen LogP contribution in [0.5, 0.6) is 5.75 Å². The topological polar surface area (TPSA) is 50.7 Å². The van der Waals surface area contributed by atoms with E-state index in [4.69, 9.17) is 16.3 Å². The van der Waals surface area contributed by atoms with Gasteiger partial charge in [-0.2, -0.15) is 5.10 Å². The molecule has 3 rings (SSSR count). The normalized spacial score (nSPS) is 10.7. The minimum atomic E-state index is -0.174. The molecule has 3 aromatic carbocycles. The summed E-state index contributed by atoms with van der Waals surface area (Å²) in [5.74, 6) is 0.491. The summed E-state index contributed by atoms with van der Waals surface area (Å²) in [5.41, 5.74) is 5.15. The molecule has 5 heteroatoms. The zero-order chi connectivity index (χ0) is 18.9. The molecule has 3 aromatic rings. The predicted molar refractivity (Wildman–Crippen MR) is 108 cm³/mol. The maximum atomic E-state index is 12.0. The SMILES string of the molecule is O=C(Cc1ccccc1)NN=Cc1ccccc1OCc1ccccc1Cl. The molecule has 1 N–H and O–H groups in total. The lowest BCUT2D eigenvalue weighted by Gasteiger charge is -2.10. The molecule has 0 saturated carbocycles. The highest BCUT2D eigenvalue weighted by atomic mass is 35.5. The molecular weight excluding hydrogens is 360 g/mol. The number of hydrazone groups is 1. The van der Waals surface area contributed by atoms with Crippen LogP contribution in [0.4, 0.5) is 0 Å². The van der Waals surface area contributed by atoms with Crippen LogP contribution in [-0.2, 0) is 17.8 Å². The molecule has 1 amide bonds. The Balaban J connectivity index is 1.59. The van der Waals surface area contributed by atoms with E-state index in [-0.39, 0.29) is 12.3 Å². The molecule has 0 atom stereocenters. The molecule has 0 aliphatic heterocycles. The van der Waals surface area contributed by atoms with Crippen molar-refractivity contribution in [2.45, 2.75) is 13.0 Å². The van der Waals surface area contributed by atoms with Gasteiger partial charge in [0.1, 0.15) is 12.4 Å². The van der Waals surface area contributed by atoms with Gasteiger partial charge >= 0.3 is 0 Å². The van der Waals surface area contributed by atoms with Crippen molar-refractivity contribution < 1.29 is 9.53 Å². The second kappa shape index (κ2) is 9.55. The maximum Gasteiger partial charge on any atom is 0.244 e. The van der Waals surface area contributed by atoms with Crippen LogP contribution in [0.15, 0.2) is 84.0 Å². The van der Waals surface area contributed by atoms with E-state index in [1.807, 2.05) is 78.9 Å². The molecule has 136 valence electrons. The number of ether oxygens (including phenoxy) is 1. The Kier molecular flexibility index (Phi) is 6.61. The average Bonchev–Trinajstić information content (AvgIpc) is 2.69. The van der Waals surface area contributed by atoms with Crippen LogP contribution >= 0.6 is 11.6 Å². The van der Waals surface area contributed by atoms with Crippen LogP contribution in [0, 0.1) is 0 Å². The van der Waals surface area contributed by atoms with E-state index in [1.54, 1.807) is 6.21 Å². The number of carbonyl (C=O) groups excluding carboxylic acids is 1. The van der Waals surface area contributed by atoms with E-state index in [2.05, 4.69) is 10.5 Å². The third-order valence-corrected chi connectivity index (χ3v) is 4.23. The lowest BCUT2D eigenvalue weighted by Crippen LogP contribution is -2.19. The largest absolute Gasteiger partial charge is 0.488 e. The number of benzene rings is 3. The number of nitrogens with one attached hydrogen (secondary N) is 1. The Morgan fingerprint density at radius 1 is 0.963 bits per heavy atom. The van der Waals surface area contributed by atoms with Gasteiger partial charge in [0.15, 0.2) is 0 Å². The van der Waals surface area contributed by atoms with Crippen LogP contribution in [0.25, 0.3) is 0 Å². The highest BCUT2D eigenvalue weighted by Crippen LogP contribution is 2.20. The van der Waals surface area contributed by atoms with Gasteiger partial charge in [0.2, 0.25) is 5.91 Å². The molecule has 27 heavy (non-hydrogen) atoms. The number of hydrogen-bond acceptors (Lipinski definition) is 3. The number of para-hydroxylation sites is 1. The number of amides is 1. The molecule has 4 nitrogen and oxygen atoms in total. The van der Waals surface area contributed by atoms with Gasteiger partial charge in [0.25, 0.3) is 0 Å². The molecular formula is C22H19ClN2O2. The zero-order valence-electron chi connectivity index (χ0n) is 14.6. The van der Waals surface area contributed by atoms with Gasteiger partial charge in [-0.15, -0.1) is 0 Å². The molecule has 0 fully saturated rings. The zero-order valence-corrected chi connectivity index (χ0v) is 15.4. The highest BCUT2D eigenvalue weighted by Gasteiger charge is 2.05. The monoisotopic (exact) mass is 378 g/mol. The van der Waals surface area contributed by atoms with E-state index in [0.29, 0.717) is 17.4 Å². The van der Waals surface area contributed by atoms with Crippen molar-refractivity contribution in [2.24, 2.45) is 5.10 Å². The Hall–Kier alpha value is -3.11. The Morgan fingerprint density at radius 3 is 2.48 bits per heavy atom. The number of rotatable bonds is 7. The first-order valence-electron chi connectivity index (χ1n) is 8.53. The van der Waals surface area contributed by atoms with Crippen molar-refractivity contribution in [3.05, 3.63) is 101 Å². The fourth-order valence-electron chi connectivity index (χ4n) is 2.48. The molecule has 0 aliphatic rings. The van der Waals surface area contributed by atoms with E-state index in [1.165, 1.54) is 0 Å². The Labute approximate surface area is 163 Å². The summed E-state index contributed by atoms with van der Waals surface area (Å²) in [6.45, 7) is 0.352. The number of halogens is 1. The minimum absolute atomic E-state index is 0.174. The molecule has 0 bridgehead atoms. The number of nitrogens with zero attached hydrogens (tertiary/aromatic N) is 1. The molecule has 0 unspecified atom stereocenters. The molecule has 0 spiro atoms. The smallest absolute Gasteiger partial charge is 0.244 e. The summed E-state index contributed by atoms with van der Waals surface area (Å²) in [5, 5.41) is 4.70. The van der Waals surface area contributed by atoms with Gasteiger partial charge in [-0.05, 0) is 23.8 Å². The molecule has 0 saturated heterocycles. The first-order chi connectivity index (χ1) is 13.2. The van der Waals surface area contributed by atoms with Gasteiger partial charge in [0, 0.05) is 16.1 Å². The standard InChI is InChI=1S/C22H19ClN2O2/c23-20-12-6-4-11-19(20)16-27-21-13-7-5-10-18(21)15-24-25-22(26)14-17-8-2-1-3-9-17/h1-13,15H,14,16H2,(H,25,26). The summed E-state index contributed by atoms with van der Waals surface area (Å²) in [6, 6.07) is 24.6. The third-order valence-electron chi connectivity index (χ3n) is 3.86. The lowest BCUT2D eigenvalue weighted by molar-refractivity contribution is -0.120. The van der Waals surface area contributed by atoms with Crippen LogP contribution in [0.3, 0.4) is 0 Å². The van der Waals surface area contributed by atoms with E-state index >= 15 is 0 Å². The summed E-state index contributed by atoms with van der Waals surface area (Å²) >= 11 is 6.16. The molecule has 0 radical (unpaired) electrons. The second-order valence-corrected chi connectivity index (χ2v) is 6.28.